The largest absolute Gasteiger partial charge is 0.241 e. The molecule has 0 aliphatic rings. The lowest BCUT2D eigenvalue weighted by molar-refractivity contribution is 0.247. The van der Waals surface area contributed by atoms with E-state index in [2.05, 4.69) is 31.6 Å². The van der Waals surface area contributed by atoms with E-state index in [1.54, 1.807) is 19.1 Å². The van der Waals surface area contributed by atoms with Crippen molar-refractivity contribution in [3.8, 4) is 6.07 Å². The van der Waals surface area contributed by atoms with E-state index < -0.39 is 21.0 Å². The summed E-state index contributed by atoms with van der Waals surface area (Å²) in [6, 6.07) is 8.89. The van der Waals surface area contributed by atoms with Gasteiger partial charge < -0.3 is 0 Å². The molecule has 0 aliphatic heterocycles. The molecule has 0 aliphatic carbocycles. The van der Waals surface area contributed by atoms with Crippen LogP contribution >= 0.6 is 0 Å². The Kier molecular flexibility index (Phi) is 4.82. The van der Waals surface area contributed by atoms with Crippen LogP contribution in [0.15, 0.2) is 29.2 Å². The first-order valence-corrected chi connectivity index (χ1v) is 8.77. The van der Waals surface area contributed by atoms with Crippen LogP contribution in [-0.4, -0.2) is 14.0 Å². The summed E-state index contributed by atoms with van der Waals surface area (Å²) in [5, 5.41) is 9.40. The fraction of sp³-hybridized carbons (Fsp3) is 0.588. The molecule has 0 fully saturated rings. The maximum atomic E-state index is 12.6. The fourth-order valence-corrected chi connectivity index (χ4v) is 3.31. The van der Waals surface area contributed by atoms with Gasteiger partial charge in [-0.15, -0.1) is 0 Å². The molecule has 22 heavy (non-hydrogen) atoms. The summed E-state index contributed by atoms with van der Waals surface area (Å²) in [6.07, 6.45) is 0. The second-order valence-corrected chi connectivity index (χ2v) is 9.55. The number of hydrogen-bond donors (Lipinski definition) is 1. The van der Waals surface area contributed by atoms with Gasteiger partial charge in [0.15, 0.2) is 0 Å². The maximum absolute atomic E-state index is 12.6. The lowest BCUT2D eigenvalue weighted by Gasteiger charge is -2.36. The van der Waals surface area contributed by atoms with E-state index in [4.69, 9.17) is 0 Å². The first kappa shape index (κ1) is 18.7. The van der Waals surface area contributed by atoms with E-state index in [0.717, 1.165) is 5.56 Å². The Morgan fingerprint density at radius 3 is 1.73 bits per heavy atom. The average Bonchev–Trinajstić information content (AvgIpc) is 2.36. The fourth-order valence-electron chi connectivity index (χ4n) is 1.81. The summed E-state index contributed by atoms with van der Waals surface area (Å²) in [6.45, 7) is 13.3. The molecule has 1 rings (SSSR count). The third kappa shape index (κ3) is 3.88. The van der Waals surface area contributed by atoms with Crippen LogP contribution in [0.25, 0.3) is 0 Å². The van der Waals surface area contributed by atoms with Crippen molar-refractivity contribution in [1.82, 2.24) is 4.72 Å². The van der Waals surface area contributed by atoms with Gasteiger partial charge in [-0.05, 0) is 35.4 Å². The predicted molar refractivity (Wildman–Crippen MR) is 88.9 cm³/mol. The van der Waals surface area contributed by atoms with E-state index in [1.165, 1.54) is 0 Å². The lowest BCUT2D eigenvalue weighted by Crippen LogP contribution is -2.53. The molecule has 0 saturated carbocycles. The maximum Gasteiger partial charge on any atom is 0.241 e. The molecule has 1 aromatic carbocycles. The van der Waals surface area contributed by atoms with Crippen molar-refractivity contribution in [2.45, 2.75) is 64.3 Å². The zero-order valence-electron chi connectivity index (χ0n) is 14.5. The monoisotopic (exact) mass is 322 g/mol. The van der Waals surface area contributed by atoms with Crippen LogP contribution in [0.2, 0.25) is 0 Å². The number of sulfonamides is 1. The summed E-state index contributed by atoms with van der Waals surface area (Å²) in [7, 11) is -3.75. The highest BCUT2D eigenvalue weighted by Crippen LogP contribution is 2.31. The number of hydrogen-bond acceptors (Lipinski definition) is 3. The molecule has 0 radical (unpaired) electrons. The summed E-state index contributed by atoms with van der Waals surface area (Å²) in [4.78, 5) is 0.172. The van der Waals surface area contributed by atoms with E-state index in [0.29, 0.717) is 0 Å². The van der Waals surface area contributed by atoms with Gasteiger partial charge in [0.1, 0.15) is 5.54 Å². The van der Waals surface area contributed by atoms with Gasteiger partial charge >= 0.3 is 0 Å². The van der Waals surface area contributed by atoms with Gasteiger partial charge in [-0.25, -0.2) is 8.42 Å². The van der Waals surface area contributed by atoms with Crippen LogP contribution in [-0.2, 0) is 15.4 Å². The molecule has 1 atom stereocenters. The molecule has 0 saturated heterocycles. The van der Waals surface area contributed by atoms with E-state index in [1.807, 2.05) is 32.9 Å². The summed E-state index contributed by atoms with van der Waals surface area (Å²) in [5.74, 6) is 0. The van der Waals surface area contributed by atoms with Gasteiger partial charge in [-0.3, -0.25) is 0 Å². The van der Waals surface area contributed by atoms with Crippen LogP contribution in [0.5, 0.6) is 0 Å². The number of benzene rings is 1. The highest BCUT2D eigenvalue weighted by Gasteiger charge is 2.41. The molecule has 0 unspecified atom stereocenters. The van der Waals surface area contributed by atoms with Gasteiger partial charge in [-0.1, -0.05) is 53.7 Å². The number of nitrogens with one attached hydrogen (secondary N) is 1. The SMILES string of the molecule is CC(C)(C)c1ccc(S(=O)(=O)N[C@@](C)(C#N)C(C)(C)C)cc1. The molecule has 0 heterocycles. The molecule has 0 amide bonds. The first-order chi connectivity index (χ1) is 9.73. The normalized spacial score (nSPS) is 15.9. The van der Waals surface area contributed by atoms with Gasteiger partial charge in [0, 0.05) is 0 Å². The zero-order valence-corrected chi connectivity index (χ0v) is 15.3. The Morgan fingerprint density at radius 2 is 1.41 bits per heavy atom. The Labute approximate surface area is 134 Å². The summed E-state index contributed by atoms with van der Waals surface area (Å²) in [5.41, 5.74) is -0.692. The van der Waals surface area contributed by atoms with Crippen molar-refractivity contribution in [3.63, 3.8) is 0 Å². The van der Waals surface area contributed by atoms with Crippen molar-refractivity contribution in [1.29, 1.82) is 5.26 Å². The van der Waals surface area contributed by atoms with Gasteiger partial charge in [0.2, 0.25) is 10.0 Å². The third-order valence-corrected chi connectivity index (χ3v) is 5.66. The zero-order chi connectivity index (χ0) is 17.4. The van der Waals surface area contributed by atoms with E-state index >= 15 is 0 Å². The minimum Gasteiger partial charge on any atom is -0.207 e. The van der Waals surface area contributed by atoms with Crippen molar-refractivity contribution < 1.29 is 8.42 Å². The lowest BCUT2D eigenvalue weighted by atomic mass is 9.77. The summed E-state index contributed by atoms with van der Waals surface area (Å²) >= 11 is 0. The summed E-state index contributed by atoms with van der Waals surface area (Å²) < 4.78 is 27.6. The molecule has 0 bridgehead atoms. The highest BCUT2D eigenvalue weighted by molar-refractivity contribution is 7.89. The Bertz CT molecular complexity index is 671. The van der Waals surface area contributed by atoms with Gasteiger partial charge in [0.25, 0.3) is 0 Å². The topological polar surface area (TPSA) is 70.0 Å². The molecule has 1 N–H and O–H groups in total. The minimum atomic E-state index is -3.75. The Hall–Kier alpha value is -1.38. The molecule has 4 nitrogen and oxygen atoms in total. The van der Waals surface area contributed by atoms with Crippen LogP contribution in [0.3, 0.4) is 0 Å². The van der Waals surface area contributed by atoms with Crippen LogP contribution < -0.4 is 4.72 Å². The quantitative estimate of drug-likeness (QED) is 0.924. The predicted octanol–water partition coefficient (Wildman–Crippen LogP) is 3.59. The smallest absolute Gasteiger partial charge is 0.207 e. The number of nitriles is 1. The molecule has 122 valence electrons. The third-order valence-electron chi connectivity index (χ3n) is 4.09. The van der Waals surface area contributed by atoms with Crippen LogP contribution in [0.4, 0.5) is 0 Å². The molecule has 1 aromatic rings. The highest BCUT2D eigenvalue weighted by atomic mass is 32.2. The number of rotatable bonds is 3. The Balaban J connectivity index is 3.19. The van der Waals surface area contributed by atoms with Crippen molar-refractivity contribution in [3.05, 3.63) is 29.8 Å². The molecular formula is C17H26N2O2S. The molecule has 0 spiro atoms. The molecule has 0 aromatic heterocycles. The van der Waals surface area contributed by atoms with Gasteiger partial charge in [0.05, 0.1) is 11.0 Å². The average molecular weight is 322 g/mol. The standard InChI is InChI=1S/C17H26N2O2S/c1-15(2,3)13-8-10-14(11-9-13)22(20,21)19-17(7,12-18)16(4,5)6/h8-11,19H,1-7H3/t17-/m0/s1. The van der Waals surface area contributed by atoms with E-state index in [-0.39, 0.29) is 10.3 Å². The van der Waals surface area contributed by atoms with Crippen molar-refractivity contribution >= 4 is 10.0 Å². The second-order valence-electron chi connectivity index (χ2n) is 7.87. The van der Waals surface area contributed by atoms with Gasteiger partial charge in [-0.2, -0.15) is 9.98 Å². The van der Waals surface area contributed by atoms with E-state index in [9.17, 15) is 13.7 Å². The van der Waals surface area contributed by atoms with Crippen LogP contribution in [0.1, 0.15) is 54.0 Å². The molecule has 5 heteroatoms. The first-order valence-electron chi connectivity index (χ1n) is 7.29. The van der Waals surface area contributed by atoms with Crippen molar-refractivity contribution in [2.24, 2.45) is 5.41 Å². The minimum absolute atomic E-state index is 0.0394. The second kappa shape index (κ2) is 5.68. The molecular weight excluding hydrogens is 296 g/mol. The van der Waals surface area contributed by atoms with Crippen LogP contribution in [0, 0.1) is 16.7 Å². The Morgan fingerprint density at radius 1 is 0.955 bits per heavy atom. The van der Waals surface area contributed by atoms with Crippen molar-refractivity contribution in [2.75, 3.05) is 0 Å². The number of nitrogens with zero attached hydrogens (tertiary/aromatic N) is 1.